The molecule has 3 unspecified atom stereocenters. The van der Waals surface area contributed by atoms with Crippen molar-refractivity contribution < 1.29 is 14.6 Å². The topological polar surface area (TPSA) is 49.8 Å². The molecule has 22 heavy (non-hydrogen) atoms. The third kappa shape index (κ3) is 3.38. The Morgan fingerprint density at radius 1 is 1.36 bits per heavy atom. The van der Waals surface area contributed by atoms with Crippen LogP contribution in [0.3, 0.4) is 0 Å². The van der Waals surface area contributed by atoms with Crippen LogP contribution in [-0.4, -0.2) is 46.8 Å². The Labute approximate surface area is 134 Å². The summed E-state index contributed by atoms with van der Waals surface area (Å²) in [6, 6.07) is 0.251. The number of esters is 1. The van der Waals surface area contributed by atoms with E-state index in [0.29, 0.717) is 17.9 Å². The van der Waals surface area contributed by atoms with Gasteiger partial charge in [-0.1, -0.05) is 26.3 Å². The molecule has 3 saturated heterocycles. The van der Waals surface area contributed by atoms with Gasteiger partial charge < -0.3 is 9.84 Å². The lowest BCUT2D eigenvalue weighted by Crippen LogP contribution is -2.59. The summed E-state index contributed by atoms with van der Waals surface area (Å²) < 4.78 is 5.80. The molecule has 0 radical (unpaired) electrons. The fraction of sp³-hybridized carbons (Fsp3) is 0.833. The Kier molecular flexibility index (Phi) is 5.67. The molecule has 0 aromatic rings. The van der Waals surface area contributed by atoms with Gasteiger partial charge in [-0.3, -0.25) is 4.90 Å². The number of rotatable bonds is 7. The first-order valence-electron chi connectivity index (χ1n) is 8.73. The van der Waals surface area contributed by atoms with Gasteiger partial charge in [-0.05, 0) is 64.1 Å². The molecule has 2 bridgehead atoms. The smallest absolute Gasteiger partial charge is 0.342 e. The van der Waals surface area contributed by atoms with Gasteiger partial charge in [0.2, 0.25) is 0 Å². The number of carbonyl (C=O) groups excluding carboxylic acids is 1. The van der Waals surface area contributed by atoms with Crippen molar-refractivity contribution in [3.63, 3.8) is 0 Å². The van der Waals surface area contributed by atoms with Crippen molar-refractivity contribution in [1.29, 1.82) is 0 Å². The van der Waals surface area contributed by atoms with Crippen molar-refractivity contribution in [2.75, 3.05) is 13.1 Å². The number of unbranched alkanes of at least 4 members (excludes halogenated alkanes) is 2. The summed E-state index contributed by atoms with van der Waals surface area (Å²) in [5.41, 5.74) is -1.04. The van der Waals surface area contributed by atoms with E-state index in [2.05, 4.69) is 25.3 Å². The molecule has 0 saturated carbocycles. The molecule has 3 rings (SSSR count). The number of hydrogen-bond acceptors (Lipinski definition) is 4. The molecule has 0 aliphatic carbocycles. The van der Waals surface area contributed by atoms with Crippen molar-refractivity contribution in [2.45, 2.75) is 77.0 Å². The Hall–Kier alpha value is -0.870. The summed E-state index contributed by atoms with van der Waals surface area (Å²) in [7, 11) is 0. The monoisotopic (exact) mass is 309 g/mol. The van der Waals surface area contributed by atoms with Crippen molar-refractivity contribution in [3.05, 3.63) is 12.2 Å². The molecule has 0 aromatic carbocycles. The van der Waals surface area contributed by atoms with E-state index in [1.807, 2.05) is 0 Å². The molecular formula is C18H31NO3. The van der Waals surface area contributed by atoms with Crippen LogP contribution in [0.2, 0.25) is 0 Å². The average molecular weight is 309 g/mol. The van der Waals surface area contributed by atoms with Gasteiger partial charge in [-0.2, -0.15) is 0 Å². The zero-order chi connectivity index (χ0) is 16.3. The summed E-state index contributed by atoms with van der Waals surface area (Å²) in [4.78, 5) is 15.0. The van der Waals surface area contributed by atoms with Crippen molar-refractivity contribution in [3.8, 4) is 0 Å². The van der Waals surface area contributed by atoms with E-state index in [-0.39, 0.29) is 12.1 Å². The number of ether oxygens (including phenoxy) is 1. The fourth-order valence-corrected chi connectivity index (χ4v) is 3.79. The third-order valence-electron chi connectivity index (χ3n) is 5.52. The van der Waals surface area contributed by atoms with Crippen LogP contribution in [0.5, 0.6) is 0 Å². The SMILES string of the molecule is C=C(C)C(O)(CCCCC)C(=O)OC1C2CCN(CC2)C1C. The number of carbonyl (C=O) groups is 1. The number of nitrogens with zero attached hydrogens (tertiary/aromatic N) is 1. The van der Waals surface area contributed by atoms with E-state index in [4.69, 9.17) is 4.74 Å². The summed E-state index contributed by atoms with van der Waals surface area (Å²) in [6.45, 7) is 12.0. The molecular weight excluding hydrogens is 278 g/mol. The molecule has 4 nitrogen and oxygen atoms in total. The molecule has 126 valence electrons. The third-order valence-corrected chi connectivity index (χ3v) is 5.52. The Morgan fingerprint density at radius 2 is 2.00 bits per heavy atom. The van der Waals surface area contributed by atoms with E-state index in [1.165, 1.54) is 0 Å². The molecule has 1 N–H and O–H groups in total. The number of hydrogen-bond donors (Lipinski definition) is 1. The summed E-state index contributed by atoms with van der Waals surface area (Å²) in [5, 5.41) is 10.8. The summed E-state index contributed by atoms with van der Waals surface area (Å²) in [5.74, 6) is -0.0596. The molecule has 0 spiro atoms. The van der Waals surface area contributed by atoms with Gasteiger partial charge in [-0.25, -0.2) is 4.79 Å². The second-order valence-corrected chi connectivity index (χ2v) is 7.08. The fourth-order valence-electron chi connectivity index (χ4n) is 3.79. The molecule has 0 amide bonds. The van der Waals surface area contributed by atoms with Gasteiger partial charge in [0.05, 0.1) is 0 Å². The highest BCUT2D eigenvalue weighted by Gasteiger charge is 2.46. The minimum atomic E-state index is -1.53. The van der Waals surface area contributed by atoms with E-state index in [1.54, 1.807) is 6.92 Å². The molecule has 3 fully saturated rings. The van der Waals surface area contributed by atoms with Crippen LogP contribution in [-0.2, 0) is 9.53 Å². The number of piperidine rings is 3. The van der Waals surface area contributed by atoms with Gasteiger partial charge in [0.15, 0.2) is 5.60 Å². The second-order valence-electron chi connectivity index (χ2n) is 7.08. The maximum absolute atomic E-state index is 12.6. The molecule has 0 aromatic heterocycles. The van der Waals surface area contributed by atoms with Gasteiger partial charge in [-0.15, -0.1) is 0 Å². The molecule has 3 aliphatic rings. The van der Waals surface area contributed by atoms with Crippen LogP contribution in [0.15, 0.2) is 12.2 Å². The molecule has 3 atom stereocenters. The van der Waals surface area contributed by atoms with Crippen LogP contribution >= 0.6 is 0 Å². The Balaban J connectivity index is 2.03. The normalized spacial score (nSPS) is 33.3. The summed E-state index contributed by atoms with van der Waals surface area (Å²) in [6.07, 6.45) is 5.35. The maximum atomic E-state index is 12.6. The lowest BCUT2D eigenvalue weighted by atomic mass is 9.81. The number of aliphatic hydroxyl groups is 1. The van der Waals surface area contributed by atoms with E-state index >= 15 is 0 Å². The predicted molar refractivity (Wildman–Crippen MR) is 87.5 cm³/mol. The first-order valence-corrected chi connectivity index (χ1v) is 8.73. The highest BCUT2D eigenvalue weighted by atomic mass is 16.6. The number of fused-ring (bicyclic) bond motifs is 3. The van der Waals surface area contributed by atoms with E-state index in [0.717, 1.165) is 45.2 Å². The highest BCUT2D eigenvalue weighted by molar-refractivity contribution is 5.83. The van der Waals surface area contributed by atoms with Crippen LogP contribution in [0.25, 0.3) is 0 Å². The van der Waals surface area contributed by atoms with Gasteiger partial charge in [0, 0.05) is 6.04 Å². The standard InChI is InChI=1S/C18H31NO3/c1-5-6-7-10-18(21,13(2)3)17(20)22-16-14(4)19-11-8-15(16)9-12-19/h14-16,21H,2,5-12H2,1,3-4H3. The minimum Gasteiger partial charge on any atom is -0.458 e. The van der Waals surface area contributed by atoms with Crippen LogP contribution in [0, 0.1) is 5.92 Å². The zero-order valence-electron chi connectivity index (χ0n) is 14.3. The quantitative estimate of drug-likeness (QED) is 0.446. The molecule has 3 aliphatic heterocycles. The van der Waals surface area contributed by atoms with Crippen LogP contribution < -0.4 is 0 Å². The van der Waals surface area contributed by atoms with Crippen molar-refractivity contribution in [1.82, 2.24) is 4.90 Å². The second kappa shape index (κ2) is 7.14. The van der Waals surface area contributed by atoms with E-state index in [9.17, 15) is 9.90 Å². The van der Waals surface area contributed by atoms with Crippen molar-refractivity contribution >= 4 is 5.97 Å². The lowest BCUT2D eigenvalue weighted by Gasteiger charge is -2.49. The van der Waals surface area contributed by atoms with Gasteiger partial charge >= 0.3 is 5.97 Å². The first kappa shape index (κ1) is 17.5. The average Bonchev–Trinajstić information content (AvgIpc) is 2.51. The van der Waals surface area contributed by atoms with Gasteiger partial charge in [0.1, 0.15) is 6.10 Å². The zero-order valence-corrected chi connectivity index (χ0v) is 14.3. The minimum absolute atomic E-state index is 0.0907. The van der Waals surface area contributed by atoms with E-state index < -0.39 is 11.6 Å². The van der Waals surface area contributed by atoms with Crippen LogP contribution in [0.4, 0.5) is 0 Å². The molecule has 3 heterocycles. The van der Waals surface area contributed by atoms with Crippen molar-refractivity contribution in [2.24, 2.45) is 5.92 Å². The predicted octanol–water partition coefficient (Wildman–Crippen LogP) is 2.90. The Morgan fingerprint density at radius 3 is 2.50 bits per heavy atom. The highest BCUT2D eigenvalue weighted by Crippen LogP contribution is 2.35. The first-order chi connectivity index (χ1) is 10.4. The summed E-state index contributed by atoms with van der Waals surface area (Å²) >= 11 is 0. The lowest BCUT2D eigenvalue weighted by molar-refractivity contribution is -0.182. The van der Waals surface area contributed by atoms with Crippen LogP contribution in [0.1, 0.15) is 59.3 Å². The maximum Gasteiger partial charge on any atom is 0.342 e. The Bertz CT molecular complexity index is 413. The van der Waals surface area contributed by atoms with Gasteiger partial charge in [0.25, 0.3) is 0 Å². The largest absolute Gasteiger partial charge is 0.458 e. The molecule has 4 heteroatoms.